The van der Waals surface area contributed by atoms with Crippen molar-refractivity contribution in [2.24, 2.45) is 0 Å². The molecular weight excluding hydrogens is 744 g/mol. The molecule has 2 atom stereocenters. The van der Waals surface area contributed by atoms with Gasteiger partial charge in [0.05, 0.1) is 35.0 Å². The Kier molecular flexibility index (Phi) is 12.4. The van der Waals surface area contributed by atoms with E-state index in [4.69, 9.17) is 0 Å². The molecule has 0 bridgehead atoms. The van der Waals surface area contributed by atoms with Crippen molar-refractivity contribution in [1.29, 1.82) is 0 Å². The van der Waals surface area contributed by atoms with Gasteiger partial charge < -0.3 is 10.6 Å². The Morgan fingerprint density at radius 2 is 0.893 bits per heavy atom. The van der Waals surface area contributed by atoms with Crippen molar-refractivity contribution in [3.63, 3.8) is 0 Å². The Labute approximate surface area is 317 Å². The summed E-state index contributed by atoms with van der Waals surface area (Å²) in [6, 6.07) is 28.7. The molecule has 0 aliphatic rings. The van der Waals surface area contributed by atoms with Gasteiger partial charge in [0, 0.05) is 23.2 Å². The topological polar surface area (TPSA) is 84.0 Å². The number of amides is 2. The summed E-state index contributed by atoms with van der Waals surface area (Å²) in [6.07, 6.45) is -8.94. The van der Waals surface area contributed by atoms with Crippen LogP contribution in [0.1, 0.15) is 58.5 Å². The van der Waals surface area contributed by atoms with E-state index in [1.807, 2.05) is 0 Å². The molecule has 0 radical (unpaired) electrons. The first-order valence-electron chi connectivity index (χ1n) is 17.3. The molecule has 56 heavy (non-hydrogen) atoms. The first-order chi connectivity index (χ1) is 26.3. The number of nitrogens with one attached hydrogen (secondary N) is 2. The Balaban J connectivity index is 0.000000214. The van der Waals surface area contributed by atoms with Gasteiger partial charge in [0.25, 0.3) is 11.8 Å². The van der Waals surface area contributed by atoms with Gasteiger partial charge in [-0.1, -0.05) is 84.9 Å². The number of carbonyl (C=O) groups excluding carboxylic acids is 2. The number of hydrogen-bond acceptors (Lipinski definition) is 4. The molecule has 6 aromatic rings. The van der Waals surface area contributed by atoms with E-state index >= 15 is 0 Å². The Bertz CT molecular complexity index is 2140. The molecule has 2 amide bonds. The molecule has 2 heterocycles. The van der Waals surface area contributed by atoms with Crippen LogP contribution >= 0.6 is 0 Å². The van der Waals surface area contributed by atoms with Crippen LogP contribution in [0.3, 0.4) is 0 Å². The lowest BCUT2D eigenvalue weighted by molar-refractivity contribution is -0.149. The minimum atomic E-state index is -4.46. The molecule has 0 saturated carbocycles. The highest BCUT2D eigenvalue weighted by Gasteiger charge is 2.42. The van der Waals surface area contributed by atoms with Crippen molar-refractivity contribution in [3.8, 4) is 0 Å². The quantitative estimate of drug-likeness (QED) is 0.136. The number of rotatable bonds is 10. The standard InChI is InChI=1S/2C21H18F4N2O/c2*1-20(13-21(23,24)25,11-14-6-3-2-4-7-14)27-19(28)16-10-15-8-5-9-17(22)18(15)26-12-16/h2*2-10,12H,11,13H2,1H3,(H,27,28)/t2*20-/m10/s1. The fourth-order valence-corrected chi connectivity index (χ4v) is 6.47. The van der Waals surface area contributed by atoms with E-state index in [1.54, 1.807) is 72.8 Å². The smallest absolute Gasteiger partial charge is 0.346 e. The third kappa shape index (κ3) is 11.5. The molecule has 14 heteroatoms. The number of nitrogens with zero attached hydrogens (tertiary/aromatic N) is 2. The van der Waals surface area contributed by atoms with Crippen molar-refractivity contribution in [2.45, 2.75) is 63.0 Å². The maximum Gasteiger partial charge on any atom is 0.391 e. The molecule has 2 N–H and O–H groups in total. The molecule has 0 fully saturated rings. The third-order valence-corrected chi connectivity index (χ3v) is 8.73. The van der Waals surface area contributed by atoms with Crippen LogP contribution in [0.2, 0.25) is 0 Å². The van der Waals surface area contributed by atoms with Crippen LogP contribution in [0.5, 0.6) is 0 Å². The van der Waals surface area contributed by atoms with Gasteiger partial charge in [0.15, 0.2) is 0 Å². The van der Waals surface area contributed by atoms with E-state index < -0.39 is 59.7 Å². The van der Waals surface area contributed by atoms with Crippen LogP contribution in [0.4, 0.5) is 35.1 Å². The van der Waals surface area contributed by atoms with Crippen LogP contribution in [0, 0.1) is 11.6 Å². The number of halogens is 8. The van der Waals surface area contributed by atoms with Crippen LogP contribution in [0.25, 0.3) is 21.8 Å². The monoisotopic (exact) mass is 780 g/mol. The summed E-state index contributed by atoms with van der Waals surface area (Å²) in [5.74, 6) is -2.45. The van der Waals surface area contributed by atoms with Gasteiger partial charge in [0.1, 0.15) is 22.7 Å². The first-order valence-corrected chi connectivity index (χ1v) is 17.3. The maximum absolute atomic E-state index is 13.7. The van der Waals surface area contributed by atoms with E-state index in [0.717, 1.165) is 12.4 Å². The van der Waals surface area contributed by atoms with Crippen molar-refractivity contribution < 1.29 is 44.7 Å². The zero-order chi connectivity index (χ0) is 40.7. The molecule has 6 nitrogen and oxygen atoms in total. The van der Waals surface area contributed by atoms with Crippen LogP contribution in [-0.2, 0) is 12.8 Å². The van der Waals surface area contributed by atoms with Crippen molar-refractivity contribution >= 4 is 33.6 Å². The minimum Gasteiger partial charge on any atom is -0.346 e. The van der Waals surface area contributed by atoms with Gasteiger partial charge in [-0.15, -0.1) is 0 Å². The number of benzene rings is 4. The second kappa shape index (κ2) is 16.8. The molecular formula is C42H36F8N4O2. The lowest BCUT2D eigenvalue weighted by Crippen LogP contribution is -2.50. The summed E-state index contributed by atoms with van der Waals surface area (Å²) in [4.78, 5) is 33.2. The van der Waals surface area contributed by atoms with Gasteiger partial charge in [-0.05, 0) is 62.1 Å². The maximum atomic E-state index is 13.7. The molecule has 292 valence electrons. The fourth-order valence-electron chi connectivity index (χ4n) is 6.47. The summed E-state index contributed by atoms with van der Waals surface area (Å²) in [6.45, 7) is 2.72. The van der Waals surface area contributed by atoms with Gasteiger partial charge in [-0.2, -0.15) is 26.3 Å². The summed E-state index contributed by atoms with van der Waals surface area (Å²) in [5.41, 5.74) is -1.41. The van der Waals surface area contributed by atoms with E-state index in [0.29, 0.717) is 21.9 Å². The van der Waals surface area contributed by atoms with Crippen molar-refractivity contribution in [1.82, 2.24) is 20.6 Å². The molecule has 0 saturated heterocycles. The van der Waals surface area contributed by atoms with Gasteiger partial charge in [-0.3, -0.25) is 19.6 Å². The Morgan fingerprint density at radius 3 is 1.23 bits per heavy atom. The van der Waals surface area contributed by atoms with Crippen LogP contribution in [0.15, 0.2) is 122 Å². The Hall–Kier alpha value is -5.92. The molecule has 4 aromatic carbocycles. The van der Waals surface area contributed by atoms with Crippen LogP contribution < -0.4 is 10.6 Å². The summed E-state index contributed by atoms with van der Waals surface area (Å²) < 4.78 is 106. The SMILES string of the molecule is C[C@@](Cc1ccccc1)(CC(F)(F)F)NC(=O)c1cnc2c(F)cccc2c1.C[C@](Cc1ccccc1)(CC(F)(F)F)NC(=O)c1cnc2c(F)cccc2c1. The normalized spacial score (nSPS) is 13.9. The fraction of sp³-hybridized carbons (Fsp3) is 0.238. The summed E-state index contributed by atoms with van der Waals surface area (Å²) >= 11 is 0. The molecule has 0 spiro atoms. The summed E-state index contributed by atoms with van der Waals surface area (Å²) in [5, 5.41) is 5.80. The van der Waals surface area contributed by atoms with E-state index in [1.165, 1.54) is 50.2 Å². The predicted molar refractivity (Wildman–Crippen MR) is 197 cm³/mol. The van der Waals surface area contributed by atoms with E-state index in [9.17, 15) is 44.7 Å². The zero-order valence-electron chi connectivity index (χ0n) is 30.1. The average Bonchev–Trinajstić information content (AvgIpc) is 3.10. The third-order valence-electron chi connectivity index (χ3n) is 8.73. The number of hydrogen-bond donors (Lipinski definition) is 2. The number of alkyl halides is 6. The minimum absolute atomic E-state index is 0.00866. The van der Waals surface area contributed by atoms with Crippen LogP contribution in [-0.4, -0.2) is 45.2 Å². The second-order valence-corrected chi connectivity index (χ2v) is 14.0. The van der Waals surface area contributed by atoms with Gasteiger partial charge in [0.2, 0.25) is 0 Å². The number of pyridine rings is 2. The summed E-state index contributed by atoms with van der Waals surface area (Å²) in [7, 11) is 0. The first kappa shape index (κ1) is 41.2. The number of para-hydroxylation sites is 2. The lowest BCUT2D eigenvalue weighted by atomic mass is 9.88. The number of fused-ring (bicyclic) bond motifs is 2. The van der Waals surface area contributed by atoms with E-state index in [-0.39, 0.29) is 35.0 Å². The molecule has 0 unspecified atom stereocenters. The van der Waals surface area contributed by atoms with E-state index in [2.05, 4.69) is 20.6 Å². The average molecular weight is 781 g/mol. The second-order valence-electron chi connectivity index (χ2n) is 14.0. The number of aromatic nitrogens is 2. The lowest BCUT2D eigenvalue weighted by Gasteiger charge is -2.32. The highest BCUT2D eigenvalue weighted by atomic mass is 19.4. The van der Waals surface area contributed by atoms with Crippen molar-refractivity contribution in [2.75, 3.05) is 0 Å². The molecule has 0 aliphatic heterocycles. The molecule has 6 rings (SSSR count). The highest BCUT2D eigenvalue weighted by Crippen LogP contribution is 2.32. The van der Waals surface area contributed by atoms with Gasteiger partial charge in [-0.25, -0.2) is 8.78 Å². The molecule has 0 aliphatic carbocycles. The largest absolute Gasteiger partial charge is 0.391 e. The zero-order valence-corrected chi connectivity index (χ0v) is 30.1. The van der Waals surface area contributed by atoms with Gasteiger partial charge >= 0.3 is 12.4 Å². The predicted octanol–water partition coefficient (Wildman–Crippen LogP) is 10.1. The highest BCUT2D eigenvalue weighted by molar-refractivity contribution is 5.98. The number of carbonyl (C=O) groups is 2. The Morgan fingerprint density at radius 1 is 0.536 bits per heavy atom. The van der Waals surface area contributed by atoms with Crippen molar-refractivity contribution in [3.05, 3.63) is 155 Å². The molecule has 2 aromatic heterocycles.